The van der Waals surface area contributed by atoms with Crippen LogP contribution in [0.3, 0.4) is 0 Å². The Balaban J connectivity index is 2.02. The summed E-state index contributed by atoms with van der Waals surface area (Å²) in [4.78, 5) is 16.3. The maximum absolute atomic E-state index is 13.6. The monoisotopic (exact) mass is 458 g/mol. The molecule has 1 atom stereocenters. The number of aromatic nitrogens is 2. The lowest BCUT2D eigenvalue weighted by atomic mass is 9.98. The van der Waals surface area contributed by atoms with E-state index in [4.69, 9.17) is 4.52 Å². The van der Waals surface area contributed by atoms with Crippen molar-refractivity contribution in [1.29, 1.82) is 0 Å². The highest BCUT2D eigenvalue weighted by atomic mass is 19.4. The smallest absolute Gasteiger partial charge is 0.359 e. The molecule has 170 valence electrons. The van der Waals surface area contributed by atoms with Crippen LogP contribution in [0.15, 0.2) is 47.1 Å². The number of hydrogen-bond donors (Lipinski definition) is 2. The van der Waals surface area contributed by atoms with Gasteiger partial charge in [-0.15, -0.1) is 0 Å². The molecule has 1 aromatic carbocycles. The molecule has 0 aliphatic heterocycles. The normalized spacial score (nSPS) is 13.0. The molecule has 0 fully saturated rings. The third-order valence-corrected chi connectivity index (χ3v) is 4.54. The van der Waals surface area contributed by atoms with E-state index in [9.17, 15) is 31.1 Å². The molecule has 0 bridgehead atoms. The van der Waals surface area contributed by atoms with E-state index in [0.29, 0.717) is 17.8 Å². The summed E-state index contributed by atoms with van der Waals surface area (Å²) in [6.07, 6.45) is -8.35. The Labute approximate surface area is 177 Å². The van der Waals surface area contributed by atoms with E-state index in [1.54, 1.807) is 6.92 Å². The third kappa shape index (κ3) is 5.01. The standard InChI is InChI=1S/C20H16F6N4O2/c1-10-15(11(2)32-30-10)28-18(31)29-16(12-5-7-13(8-6-12)19(21,22)23)17-14(20(24,25)26)4-3-9-27-17/h3-9,16H,1-2H3,(H2,28,29,31). The van der Waals surface area contributed by atoms with Crippen molar-refractivity contribution in [3.8, 4) is 0 Å². The minimum absolute atomic E-state index is 0.0314. The van der Waals surface area contributed by atoms with Crippen molar-refractivity contribution in [2.75, 3.05) is 5.32 Å². The summed E-state index contributed by atoms with van der Waals surface area (Å²) in [6.45, 7) is 3.06. The summed E-state index contributed by atoms with van der Waals surface area (Å²) < 4.78 is 84.3. The molecule has 2 amide bonds. The Morgan fingerprint density at radius 1 is 1.00 bits per heavy atom. The van der Waals surface area contributed by atoms with Gasteiger partial charge < -0.3 is 15.2 Å². The van der Waals surface area contributed by atoms with Crippen LogP contribution < -0.4 is 10.6 Å². The summed E-state index contributed by atoms with van der Waals surface area (Å²) in [6, 6.07) is 2.81. The van der Waals surface area contributed by atoms with Crippen molar-refractivity contribution < 1.29 is 35.7 Å². The zero-order chi connectivity index (χ0) is 23.7. The zero-order valence-corrected chi connectivity index (χ0v) is 16.6. The molecule has 6 nitrogen and oxygen atoms in total. The van der Waals surface area contributed by atoms with E-state index in [2.05, 4.69) is 20.8 Å². The average molecular weight is 458 g/mol. The summed E-state index contributed by atoms with van der Waals surface area (Å²) in [5.74, 6) is 0.262. The van der Waals surface area contributed by atoms with Crippen LogP contribution in [0.4, 0.5) is 36.8 Å². The predicted molar refractivity (Wildman–Crippen MR) is 101 cm³/mol. The second-order valence-electron chi connectivity index (χ2n) is 6.78. The van der Waals surface area contributed by atoms with Crippen LogP contribution in [0.1, 0.15) is 39.9 Å². The van der Waals surface area contributed by atoms with Crippen LogP contribution in [0.2, 0.25) is 0 Å². The molecule has 1 unspecified atom stereocenters. The van der Waals surface area contributed by atoms with Gasteiger partial charge in [-0.25, -0.2) is 4.79 Å². The first kappa shape index (κ1) is 23.1. The number of halogens is 6. The molecule has 0 aliphatic carbocycles. The SMILES string of the molecule is Cc1noc(C)c1NC(=O)NC(c1ccc(C(F)(F)F)cc1)c1ncccc1C(F)(F)F. The van der Waals surface area contributed by atoms with E-state index < -0.39 is 41.2 Å². The number of rotatable bonds is 4. The quantitative estimate of drug-likeness (QED) is 0.497. The Morgan fingerprint density at radius 3 is 2.19 bits per heavy atom. The number of carbonyl (C=O) groups is 1. The van der Waals surface area contributed by atoms with Crippen LogP contribution in [-0.2, 0) is 12.4 Å². The summed E-state index contributed by atoms with van der Waals surface area (Å²) in [5, 5.41) is 8.44. The number of alkyl halides is 6. The van der Waals surface area contributed by atoms with Gasteiger partial charge in [-0.2, -0.15) is 26.3 Å². The summed E-state index contributed by atoms with van der Waals surface area (Å²) in [5.41, 5.74) is -2.19. The van der Waals surface area contributed by atoms with Crippen LogP contribution in [0.25, 0.3) is 0 Å². The van der Waals surface area contributed by atoms with Gasteiger partial charge in [0, 0.05) is 6.20 Å². The molecular weight excluding hydrogens is 442 g/mol. The van der Waals surface area contributed by atoms with Crippen molar-refractivity contribution in [2.45, 2.75) is 32.2 Å². The van der Waals surface area contributed by atoms with Crippen molar-refractivity contribution in [1.82, 2.24) is 15.5 Å². The van der Waals surface area contributed by atoms with Gasteiger partial charge in [0.2, 0.25) is 0 Å². The molecule has 0 aliphatic rings. The fourth-order valence-corrected chi connectivity index (χ4v) is 3.00. The number of amides is 2. The number of carbonyl (C=O) groups excluding carboxylic acids is 1. The predicted octanol–water partition coefficient (Wildman–Crippen LogP) is 5.64. The minimum Gasteiger partial charge on any atom is -0.359 e. The number of benzene rings is 1. The molecule has 0 radical (unpaired) electrons. The Bertz CT molecular complexity index is 1090. The molecule has 12 heteroatoms. The lowest BCUT2D eigenvalue weighted by molar-refractivity contribution is -0.139. The number of aryl methyl sites for hydroxylation is 2. The summed E-state index contributed by atoms with van der Waals surface area (Å²) >= 11 is 0. The second-order valence-corrected chi connectivity index (χ2v) is 6.78. The van der Waals surface area contributed by atoms with Gasteiger partial charge in [0.05, 0.1) is 22.9 Å². The average Bonchev–Trinajstić information content (AvgIpc) is 3.03. The first-order chi connectivity index (χ1) is 14.9. The fourth-order valence-electron chi connectivity index (χ4n) is 3.00. The van der Waals surface area contributed by atoms with Gasteiger partial charge in [0.1, 0.15) is 11.4 Å². The van der Waals surface area contributed by atoms with Gasteiger partial charge in [-0.05, 0) is 43.7 Å². The number of urea groups is 1. The van der Waals surface area contributed by atoms with E-state index in [1.165, 1.54) is 6.92 Å². The van der Waals surface area contributed by atoms with E-state index in [-0.39, 0.29) is 17.0 Å². The molecule has 32 heavy (non-hydrogen) atoms. The number of nitrogens with zero attached hydrogens (tertiary/aromatic N) is 2. The first-order valence-electron chi connectivity index (χ1n) is 9.07. The van der Waals surface area contributed by atoms with Crippen molar-refractivity contribution >= 4 is 11.7 Å². The highest BCUT2D eigenvalue weighted by Crippen LogP contribution is 2.36. The molecule has 2 heterocycles. The van der Waals surface area contributed by atoms with Crippen LogP contribution in [-0.4, -0.2) is 16.2 Å². The minimum atomic E-state index is -4.81. The molecule has 2 N–H and O–H groups in total. The van der Waals surface area contributed by atoms with Gasteiger partial charge in [0.25, 0.3) is 0 Å². The van der Waals surface area contributed by atoms with Crippen LogP contribution in [0.5, 0.6) is 0 Å². The maximum atomic E-state index is 13.6. The van der Waals surface area contributed by atoms with Crippen LogP contribution in [0, 0.1) is 13.8 Å². The molecule has 0 saturated carbocycles. The fraction of sp³-hybridized carbons (Fsp3) is 0.250. The molecule has 0 saturated heterocycles. The Morgan fingerprint density at radius 2 is 1.66 bits per heavy atom. The third-order valence-electron chi connectivity index (χ3n) is 4.54. The van der Waals surface area contributed by atoms with Crippen molar-refractivity contribution in [3.63, 3.8) is 0 Å². The molecule has 2 aromatic heterocycles. The Kier molecular flexibility index (Phi) is 6.15. The number of anilines is 1. The lowest BCUT2D eigenvalue weighted by Gasteiger charge is -2.23. The van der Waals surface area contributed by atoms with Gasteiger partial charge >= 0.3 is 18.4 Å². The molecule has 0 spiro atoms. The van der Waals surface area contributed by atoms with Gasteiger partial charge in [0.15, 0.2) is 5.76 Å². The maximum Gasteiger partial charge on any atom is 0.418 e. The van der Waals surface area contributed by atoms with Gasteiger partial charge in [-0.1, -0.05) is 17.3 Å². The topological polar surface area (TPSA) is 80.0 Å². The van der Waals surface area contributed by atoms with E-state index in [1.807, 2.05) is 0 Å². The van der Waals surface area contributed by atoms with E-state index >= 15 is 0 Å². The first-order valence-corrected chi connectivity index (χ1v) is 9.07. The van der Waals surface area contributed by atoms with Crippen LogP contribution >= 0.6 is 0 Å². The number of pyridine rings is 1. The molecular formula is C20H16F6N4O2. The molecule has 3 rings (SSSR count). The van der Waals surface area contributed by atoms with Crippen molar-refractivity contribution in [2.24, 2.45) is 0 Å². The van der Waals surface area contributed by atoms with E-state index in [0.717, 1.165) is 30.5 Å². The lowest BCUT2D eigenvalue weighted by Crippen LogP contribution is -2.35. The molecule has 3 aromatic rings. The second kappa shape index (κ2) is 8.52. The van der Waals surface area contributed by atoms with Crippen molar-refractivity contribution in [3.05, 3.63) is 76.4 Å². The van der Waals surface area contributed by atoms with Gasteiger partial charge in [-0.3, -0.25) is 4.98 Å². The zero-order valence-electron chi connectivity index (χ0n) is 16.6. The largest absolute Gasteiger partial charge is 0.418 e. The number of nitrogens with one attached hydrogen (secondary N) is 2. The number of hydrogen-bond acceptors (Lipinski definition) is 4. The highest BCUT2D eigenvalue weighted by molar-refractivity contribution is 5.90. The summed E-state index contributed by atoms with van der Waals surface area (Å²) in [7, 11) is 0. The highest BCUT2D eigenvalue weighted by Gasteiger charge is 2.37. The Hall–Kier alpha value is -3.57.